The fraction of sp³-hybridized carbons (Fsp3) is 0.667. The number of benzene rings is 1. The zero-order chi connectivity index (χ0) is 24.2. The Morgan fingerprint density at radius 3 is 2.45 bits per heavy atom. The highest BCUT2D eigenvalue weighted by Crippen LogP contribution is 2.35. The van der Waals surface area contributed by atoms with Gasteiger partial charge in [-0.1, -0.05) is 56.7 Å². The van der Waals surface area contributed by atoms with E-state index in [1.807, 2.05) is 0 Å². The predicted octanol–water partition coefficient (Wildman–Crippen LogP) is 4.02. The summed E-state index contributed by atoms with van der Waals surface area (Å²) in [4.78, 5) is 28.7. The van der Waals surface area contributed by atoms with Crippen molar-refractivity contribution >= 4 is 39.1 Å². The van der Waals surface area contributed by atoms with Crippen LogP contribution in [0.3, 0.4) is 0 Å². The summed E-state index contributed by atoms with van der Waals surface area (Å²) in [5, 5.41) is 3.66. The van der Waals surface area contributed by atoms with Crippen LogP contribution in [0.15, 0.2) is 18.2 Å². The molecule has 3 rings (SSSR count). The lowest BCUT2D eigenvalue weighted by Crippen LogP contribution is -2.71. The van der Waals surface area contributed by atoms with Crippen LogP contribution in [0.4, 0.5) is 5.69 Å². The van der Waals surface area contributed by atoms with Gasteiger partial charge < -0.3 is 5.32 Å². The van der Waals surface area contributed by atoms with Gasteiger partial charge in [0, 0.05) is 23.3 Å². The summed E-state index contributed by atoms with van der Waals surface area (Å²) in [6, 6.07) is 5.26. The van der Waals surface area contributed by atoms with Crippen molar-refractivity contribution in [1.82, 2.24) is 9.62 Å². The summed E-state index contributed by atoms with van der Waals surface area (Å²) < 4.78 is 26.9. The molecule has 1 heterocycles. The van der Waals surface area contributed by atoms with Crippen molar-refractivity contribution in [1.29, 1.82) is 0 Å². The molecule has 1 aliphatic heterocycles. The average molecular weight is 498 g/mol. The molecule has 1 aliphatic carbocycles. The number of hydrogen-bond acceptors (Lipinski definition) is 4. The van der Waals surface area contributed by atoms with E-state index in [0.717, 1.165) is 38.5 Å². The van der Waals surface area contributed by atoms with Crippen molar-refractivity contribution < 1.29 is 18.0 Å². The summed E-state index contributed by atoms with van der Waals surface area (Å²) in [6.45, 7) is 4.87. The van der Waals surface area contributed by atoms with Gasteiger partial charge in [-0.15, -0.1) is 0 Å². The number of rotatable bonds is 6. The van der Waals surface area contributed by atoms with Crippen LogP contribution in [0.5, 0.6) is 0 Å². The summed E-state index contributed by atoms with van der Waals surface area (Å²) in [5.74, 6) is -0.810. The lowest BCUT2D eigenvalue weighted by atomic mass is 9.91. The molecule has 0 aromatic heterocycles. The number of carbonyl (C=O) groups excluding carboxylic acids is 2. The molecule has 9 heteroatoms. The van der Waals surface area contributed by atoms with Crippen LogP contribution in [-0.2, 0) is 19.6 Å². The highest BCUT2D eigenvalue weighted by molar-refractivity contribution is 7.89. The maximum atomic E-state index is 13.8. The topological polar surface area (TPSA) is 86.8 Å². The lowest BCUT2D eigenvalue weighted by Gasteiger charge is -2.47. The van der Waals surface area contributed by atoms with E-state index >= 15 is 0 Å². The molecule has 0 bridgehead atoms. The third-order valence-corrected chi connectivity index (χ3v) is 9.18. The van der Waals surface area contributed by atoms with Gasteiger partial charge in [-0.05, 0) is 50.8 Å². The Labute approximate surface area is 202 Å². The summed E-state index contributed by atoms with van der Waals surface area (Å²) >= 11 is 6.34. The van der Waals surface area contributed by atoms with Crippen molar-refractivity contribution in [3.05, 3.63) is 28.8 Å². The molecule has 1 aromatic rings. The second kappa shape index (κ2) is 10.7. The Kier molecular flexibility index (Phi) is 8.45. The first-order chi connectivity index (χ1) is 15.6. The zero-order valence-corrected chi connectivity index (χ0v) is 21.5. The molecular formula is C24H36ClN3O4S. The molecule has 7 nitrogen and oxygen atoms in total. The van der Waals surface area contributed by atoms with E-state index in [-0.39, 0.29) is 30.8 Å². The number of amides is 2. The van der Waals surface area contributed by atoms with Crippen molar-refractivity contribution in [2.24, 2.45) is 0 Å². The summed E-state index contributed by atoms with van der Waals surface area (Å²) in [5.41, 5.74) is -0.175. The zero-order valence-electron chi connectivity index (χ0n) is 19.9. The maximum Gasteiger partial charge on any atom is 0.247 e. The number of anilines is 1. The molecule has 2 fully saturated rings. The maximum absolute atomic E-state index is 13.8. The number of nitrogens with one attached hydrogen (secondary N) is 1. The summed E-state index contributed by atoms with van der Waals surface area (Å²) in [6.07, 6.45) is 7.85. The second-order valence-corrected chi connectivity index (χ2v) is 12.0. The first-order valence-corrected chi connectivity index (χ1v) is 14.0. The molecule has 0 unspecified atom stereocenters. The van der Waals surface area contributed by atoms with Gasteiger partial charge in [0.1, 0.15) is 5.54 Å². The second-order valence-electron chi connectivity index (χ2n) is 9.49. The standard InChI is InChI=1S/C24H36ClN3O4S/c1-4-15-33(31,32)27-16-22(29)28(21-14-10-13-20(25)18(21)2)24(3,17-27)23(30)26-19-11-8-6-5-7-9-12-19/h10,13-14,19H,4-9,11-12,15-17H2,1-3H3,(H,26,30)/t24-/m1/s1. The van der Waals surface area contributed by atoms with Crippen LogP contribution in [0.2, 0.25) is 5.02 Å². The van der Waals surface area contributed by atoms with E-state index in [2.05, 4.69) is 5.32 Å². The Morgan fingerprint density at radius 2 is 1.82 bits per heavy atom. The van der Waals surface area contributed by atoms with Crippen LogP contribution in [0, 0.1) is 6.92 Å². The molecular weight excluding hydrogens is 462 g/mol. The van der Waals surface area contributed by atoms with E-state index < -0.39 is 21.5 Å². The first kappa shape index (κ1) is 26.0. The van der Waals surface area contributed by atoms with Crippen LogP contribution < -0.4 is 10.2 Å². The molecule has 1 saturated carbocycles. The number of sulfonamides is 1. The number of piperazine rings is 1. The molecule has 0 radical (unpaired) electrons. The van der Waals surface area contributed by atoms with Gasteiger partial charge in [-0.3, -0.25) is 14.5 Å². The molecule has 0 spiro atoms. The lowest BCUT2D eigenvalue weighted by molar-refractivity contribution is -0.133. The number of hydrogen-bond donors (Lipinski definition) is 1. The fourth-order valence-corrected chi connectivity index (χ4v) is 6.60. The molecule has 1 atom stereocenters. The Hall–Kier alpha value is -1.64. The van der Waals surface area contributed by atoms with Crippen molar-refractivity contribution in [2.45, 2.75) is 83.7 Å². The van der Waals surface area contributed by atoms with Crippen LogP contribution in [0.25, 0.3) is 0 Å². The van der Waals surface area contributed by atoms with Crippen LogP contribution in [0.1, 0.15) is 70.8 Å². The molecule has 2 amide bonds. The van der Waals surface area contributed by atoms with Crippen molar-refractivity contribution in [3.63, 3.8) is 0 Å². The molecule has 33 heavy (non-hydrogen) atoms. The van der Waals surface area contributed by atoms with E-state index in [1.165, 1.54) is 15.6 Å². The van der Waals surface area contributed by atoms with Crippen molar-refractivity contribution in [3.8, 4) is 0 Å². The molecule has 1 N–H and O–H groups in total. The van der Waals surface area contributed by atoms with Gasteiger partial charge in [0.25, 0.3) is 0 Å². The SMILES string of the molecule is CCCS(=O)(=O)N1CC(=O)N(c2cccc(Cl)c2C)[C@@](C)(C(=O)NC2CCCCCCC2)C1. The van der Waals surface area contributed by atoms with Gasteiger partial charge in [-0.25, -0.2) is 8.42 Å². The number of carbonyl (C=O) groups is 2. The smallest absolute Gasteiger partial charge is 0.247 e. The first-order valence-electron chi connectivity index (χ1n) is 12.0. The van der Waals surface area contributed by atoms with Crippen LogP contribution >= 0.6 is 11.6 Å². The van der Waals surface area contributed by atoms with Gasteiger partial charge in [0.2, 0.25) is 21.8 Å². The minimum absolute atomic E-state index is 0.0228. The molecule has 184 valence electrons. The molecule has 2 aliphatic rings. The third kappa shape index (κ3) is 5.72. The fourth-order valence-electron chi connectivity index (χ4n) is 4.90. The molecule has 1 saturated heterocycles. The van der Waals surface area contributed by atoms with Gasteiger partial charge in [-0.2, -0.15) is 4.31 Å². The Morgan fingerprint density at radius 1 is 1.18 bits per heavy atom. The Balaban J connectivity index is 1.99. The van der Waals surface area contributed by atoms with E-state index in [9.17, 15) is 18.0 Å². The van der Waals surface area contributed by atoms with E-state index in [1.54, 1.807) is 39.0 Å². The highest BCUT2D eigenvalue weighted by Gasteiger charge is 2.51. The van der Waals surface area contributed by atoms with Crippen LogP contribution in [-0.4, -0.2) is 55.0 Å². The highest BCUT2D eigenvalue weighted by atomic mass is 35.5. The minimum atomic E-state index is -3.66. The average Bonchev–Trinajstić information content (AvgIpc) is 2.72. The van der Waals surface area contributed by atoms with Crippen molar-refractivity contribution in [2.75, 3.05) is 23.7 Å². The van der Waals surface area contributed by atoms with Gasteiger partial charge in [0.05, 0.1) is 12.3 Å². The largest absolute Gasteiger partial charge is 0.351 e. The Bertz CT molecular complexity index is 976. The normalized spacial score (nSPS) is 23.8. The minimum Gasteiger partial charge on any atom is -0.351 e. The van der Waals surface area contributed by atoms with E-state index in [4.69, 9.17) is 11.6 Å². The monoisotopic (exact) mass is 497 g/mol. The van der Waals surface area contributed by atoms with Gasteiger partial charge in [0.15, 0.2) is 0 Å². The van der Waals surface area contributed by atoms with Gasteiger partial charge >= 0.3 is 0 Å². The van der Waals surface area contributed by atoms with E-state index in [0.29, 0.717) is 22.7 Å². The predicted molar refractivity (Wildman–Crippen MR) is 132 cm³/mol. The third-order valence-electron chi connectivity index (χ3n) is 6.80. The quantitative estimate of drug-likeness (QED) is 0.643. The number of halogens is 1. The number of nitrogens with zero attached hydrogens (tertiary/aromatic N) is 2. The summed E-state index contributed by atoms with van der Waals surface area (Å²) in [7, 11) is -3.66. The molecule has 1 aromatic carbocycles.